The van der Waals surface area contributed by atoms with E-state index in [2.05, 4.69) is 10.3 Å². The van der Waals surface area contributed by atoms with Crippen LogP contribution >= 0.6 is 11.3 Å². The minimum atomic E-state index is -4.43. The third-order valence-corrected chi connectivity index (χ3v) is 6.27. The third kappa shape index (κ3) is 3.66. The summed E-state index contributed by atoms with van der Waals surface area (Å²) in [5.74, 6) is 0.279. The summed E-state index contributed by atoms with van der Waals surface area (Å²) in [7, 11) is 0. The summed E-state index contributed by atoms with van der Waals surface area (Å²) in [6, 6.07) is 4.24. The SMILES string of the molecule is Cc1c(C(=O)Nc2ccc(C(F)(F)F)cc2)sc2nc3n(c(=O)c12)CCCCC3. The molecule has 152 valence electrons. The molecule has 0 radical (unpaired) electrons. The average Bonchev–Trinajstić information content (AvgIpc) is 2.84. The number of halogens is 3. The van der Waals surface area contributed by atoms with Gasteiger partial charge in [-0.05, 0) is 49.6 Å². The Bertz CT molecular complexity index is 1150. The lowest BCUT2D eigenvalue weighted by molar-refractivity contribution is -0.137. The van der Waals surface area contributed by atoms with Gasteiger partial charge in [0, 0.05) is 18.7 Å². The van der Waals surface area contributed by atoms with Crippen LogP contribution in [0.15, 0.2) is 29.1 Å². The fraction of sp³-hybridized carbons (Fsp3) is 0.350. The summed E-state index contributed by atoms with van der Waals surface area (Å²) in [6.07, 6.45) is -0.754. The maximum atomic E-state index is 13.0. The number of aryl methyl sites for hydroxylation is 2. The Morgan fingerprint density at radius 3 is 2.59 bits per heavy atom. The van der Waals surface area contributed by atoms with Crippen LogP contribution in [0.4, 0.5) is 18.9 Å². The molecule has 0 bridgehead atoms. The molecule has 29 heavy (non-hydrogen) atoms. The van der Waals surface area contributed by atoms with Crippen LogP contribution in [0.25, 0.3) is 10.2 Å². The number of nitrogens with zero attached hydrogens (tertiary/aromatic N) is 2. The maximum absolute atomic E-state index is 13.0. The number of rotatable bonds is 2. The fourth-order valence-electron chi connectivity index (χ4n) is 3.56. The highest BCUT2D eigenvalue weighted by Crippen LogP contribution is 2.31. The van der Waals surface area contributed by atoms with E-state index in [-0.39, 0.29) is 11.2 Å². The molecule has 1 amide bonds. The second-order valence-electron chi connectivity index (χ2n) is 7.06. The number of thiophene rings is 1. The van der Waals surface area contributed by atoms with Crippen molar-refractivity contribution in [2.45, 2.75) is 45.3 Å². The number of alkyl halides is 3. The molecule has 0 aliphatic carbocycles. The lowest BCUT2D eigenvalue weighted by Gasteiger charge is -2.08. The Balaban J connectivity index is 1.67. The van der Waals surface area contributed by atoms with Crippen molar-refractivity contribution in [1.29, 1.82) is 0 Å². The van der Waals surface area contributed by atoms with Gasteiger partial charge in [-0.15, -0.1) is 11.3 Å². The highest BCUT2D eigenvalue weighted by Gasteiger charge is 2.30. The summed E-state index contributed by atoms with van der Waals surface area (Å²) in [4.78, 5) is 31.2. The van der Waals surface area contributed by atoms with Gasteiger partial charge in [-0.1, -0.05) is 6.42 Å². The molecule has 0 saturated carbocycles. The zero-order chi connectivity index (χ0) is 20.8. The lowest BCUT2D eigenvalue weighted by Crippen LogP contribution is -2.24. The molecule has 0 unspecified atom stereocenters. The normalized spacial score (nSPS) is 14.5. The summed E-state index contributed by atoms with van der Waals surface area (Å²) in [6.45, 7) is 2.33. The van der Waals surface area contributed by atoms with Crippen molar-refractivity contribution in [1.82, 2.24) is 9.55 Å². The Morgan fingerprint density at radius 1 is 1.17 bits per heavy atom. The van der Waals surface area contributed by atoms with Gasteiger partial charge in [-0.2, -0.15) is 13.2 Å². The Kier molecular flexibility index (Phi) is 4.94. The van der Waals surface area contributed by atoms with E-state index < -0.39 is 17.6 Å². The van der Waals surface area contributed by atoms with Crippen molar-refractivity contribution in [2.24, 2.45) is 0 Å². The highest BCUT2D eigenvalue weighted by atomic mass is 32.1. The van der Waals surface area contributed by atoms with E-state index in [1.54, 1.807) is 11.5 Å². The van der Waals surface area contributed by atoms with Crippen molar-refractivity contribution >= 4 is 33.1 Å². The van der Waals surface area contributed by atoms with Gasteiger partial charge in [0.2, 0.25) is 0 Å². The molecule has 5 nitrogen and oxygen atoms in total. The number of hydrogen-bond donors (Lipinski definition) is 1. The topological polar surface area (TPSA) is 64.0 Å². The largest absolute Gasteiger partial charge is 0.416 e. The molecule has 1 aliphatic rings. The van der Waals surface area contributed by atoms with Gasteiger partial charge in [-0.3, -0.25) is 14.2 Å². The molecule has 1 N–H and O–H groups in total. The molecular formula is C20H18F3N3O2S. The monoisotopic (exact) mass is 421 g/mol. The van der Waals surface area contributed by atoms with E-state index in [1.807, 2.05) is 0 Å². The quantitative estimate of drug-likeness (QED) is 0.649. The van der Waals surface area contributed by atoms with Crippen molar-refractivity contribution in [2.75, 3.05) is 5.32 Å². The number of aromatic nitrogens is 2. The molecule has 1 aromatic carbocycles. The number of carbonyl (C=O) groups excluding carboxylic acids is 1. The first kappa shape index (κ1) is 19.6. The van der Waals surface area contributed by atoms with Crippen LogP contribution in [-0.4, -0.2) is 15.5 Å². The Labute approximate surface area is 168 Å². The van der Waals surface area contributed by atoms with Crippen LogP contribution in [0, 0.1) is 6.92 Å². The summed E-state index contributed by atoms with van der Waals surface area (Å²) < 4.78 is 39.8. The van der Waals surface area contributed by atoms with Crippen LogP contribution in [0.3, 0.4) is 0 Å². The lowest BCUT2D eigenvalue weighted by atomic mass is 10.2. The van der Waals surface area contributed by atoms with Crippen LogP contribution < -0.4 is 10.9 Å². The number of hydrogen-bond acceptors (Lipinski definition) is 4. The average molecular weight is 421 g/mol. The number of carbonyl (C=O) groups is 1. The maximum Gasteiger partial charge on any atom is 0.416 e. The molecule has 0 saturated heterocycles. The molecule has 0 atom stereocenters. The Morgan fingerprint density at radius 2 is 1.90 bits per heavy atom. The van der Waals surface area contributed by atoms with E-state index in [4.69, 9.17) is 0 Å². The van der Waals surface area contributed by atoms with Crippen LogP contribution in [-0.2, 0) is 19.1 Å². The van der Waals surface area contributed by atoms with Crippen LogP contribution in [0.1, 0.15) is 45.9 Å². The number of anilines is 1. The zero-order valence-corrected chi connectivity index (χ0v) is 16.4. The standard InChI is InChI=1S/C20H18F3N3O2S/c1-11-15-18(25-14-5-3-2-4-10-26(14)19(15)28)29-16(11)17(27)24-13-8-6-12(7-9-13)20(21,22)23/h6-9H,2-5,10H2,1H3,(H,24,27). The summed E-state index contributed by atoms with van der Waals surface area (Å²) >= 11 is 1.14. The molecule has 3 heterocycles. The Hall–Kier alpha value is -2.68. The van der Waals surface area contributed by atoms with Gasteiger partial charge in [0.15, 0.2) is 0 Å². The zero-order valence-electron chi connectivity index (χ0n) is 15.6. The number of fused-ring (bicyclic) bond motifs is 2. The van der Waals surface area contributed by atoms with E-state index in [1.165, 1.54) is 12.1 Å². The van der Waals surface area contributed by atoms with Crippen LogP contribution in [0.2, 0.25) is 0 Å². The van der Waals surface area contributed by atoms with Crippen molar-refractivity contribution in [3.8, 4) is 0 Å². The van der Waals surface area contributed by atoms with Crippen molar-refractivity contribution in [3.63, 3.8) is 0 Å². The highest BCUT2D eigenvalue weighted by molar-refractivity contribution is 7.20. The molecule has 0 spiro atoms. The van der Waals surface area contributed by atoms with E-state index in [0.717, 1.165) is 55.0 Å². The van der Waals surface area contributed by atoms with Crippen LogP contribution in [0.5, 0.6) is 0 Å². The van der Waals surface area contributed by atoms with E-state index >= 15 is 0 Å². The molecule has 0 fully saturated rings. The fourth-order valence-corrected chi connectivity index (χ4v) is 4.64. The predicted octanol–water partition coefficient (Wildman–Crippen LogP) is 4.76. The predicted molar refractivity (Wildman–Crippen MR) is 106 cm³/mol. The molecule has 2 aromatic heterocycles. The molecular weight excluding hydrogens is 403 g/mol. The van der Waals surface area contributed by atoms with Gasteiger partial charge in [-0.25, -0.2) is 4.98 Å². The molecule has 1 aliphatic heterocycles. The minimum Gasteiger partial charge on any atom is -0.321 e. The molecule has 4 rings (SSSR count). The summed E-state index contributed by atoms with van der Waals surface area (Å²) in [5, 5.41) is 3.05. The smallest absolute Gasteiger partial charge is 0.321 e. The first-order valence-electron chi connectivity index (χ1n) is 9.27. The van der Waals surface area contributed by atoms with Gasteiger partial charge < -0.3 is 5.32 Å². The minimum absolute atomic E-state index is 0.130. The van der Waals surface area contributed by atoms with Gasteiger partial charge in [0.1, 0.15) is 10.7 Å². The van der Waals surface area contributed by atoms with Gasteiger partial charge in [0.25, 0.3) is 11.5 Å². The number of benzene rings is 1. The summed E-state index contributed by atoms with van der Waals surface area (Å²) in [5.41, 5.74) is -0.117. The van der Waals surface area contributed by atoms with Gasteiger partial charge >= 0.3 is 6.18 Å². The second kappa shape index (κ2) is 7.29. The number of amides is 1. The first-order valence-corrected chi connectivity index (χ1v) is 10.1. The van der Waals surface area contributed by atoms with Gasteiger partial charge in [0.05, 0.1) is 15.8 Å². The number of nitrogens with one attached hydrogen (secondary N) is 1. The molecule has 9 heteroatoms. The second-order valence-corrected chi connectivity index (χ2v) is 8.06. The first-order chi connectivity index (χ1) is 13.8. The van der Waals surface area contributed by atoms with Crippen molar-refractivity contribution < 1.29 is 18.0 Å². The van der Waals surface area contributed by atoms with E-state index in [0.29, 0.717) is 27.2 Å². The molecule has 3 aromatic rings. The van der Waals surface area contributed by atoms with Crippen molar-refractivity contribution in [3.05, 3.63) is 56.4 Å². The van der Waals surface area contributed by atoms with E-state index in [9.17, 15) is 22.8 Å². The third-order valence-electron chi connectivity index (χ3n) is 5.09.